The van der Waals surface area contributed by atoms with E-state index in [1.807, 2.05) is 0 Å². The second kappa shape index (κ2) is 8.50. The summed E-state index contributed by atoms with van der Waals surface area (Å²) in [6.45, 7) is 0.126. The summed E-state index contributed by atoms with van der Waals surface area (Å²) in [4.78, 5) is 0. The Bertz CT molecular complexity index is 819. The van der Waals surface area contributed by atoms with Crippen molar-refractivity contribution in [3.8, 4) is 0 Å². The van der Waals surface area contributed by atoms with E-state index in [9.17, 15) is 18.0 Å². The van der Waals surface area contributed by atoms with Crippen LogP contribution in [0.3, 0.4) is 0 Å². The Balaban J connectivity index is 2.03. The molecule has 7 N–H and O–H groups in total. The van der Waals surface area contributed by atoms with E-state index in [0.717, 1.165) is 0 Å². The first-order valence-electron chi connectivity index (χ1n) is 6.81. The molecule has 14 heteroatoms. The lowest BCUT2D eigenvalue weighted by atomic mass is 10.2. The third-order valence-corrected chi connectivity index (χ3v) is 4.12. The maximum Gasteiger partial charge on any atom is 0.274 e. The van der Waals surface area contributed by atoms with E-state index in [-0.39, 0.29) is 29.1 Å². The Kier molecular flexibility index (Phi) is 6.63. The third-order valence-electron chi connectivity index (χ3n) is 2.91. The Morgan fingerprint density at radius 2 is 2.16 bits per heavy atom. The molecule has 2 rings (SSSR count). The molecule has 2 aromatic rings. The maximum absolute atomic E-state index is 13.3. The van der Waals surface area contributed by atoms with Gasteiger partial charge in [0.1, 0.15) is 5.82 Å². The highest BCUT2D eigenvalue weighted by molar-refractivity contribution is 9.10. The van der Waals surface area contributed by atoms with Crippen molar-refractivity contribution >= 4 is 37.6 Å². The fraction of sp³-hybridized carbons (Fsp3) is 0.273. The van der Waals surface area contributed by atoms with Crippen molar-refractivity contribution in [1.29, 1.82) is 0 Å². The van der Waals surface area contributed by atoms with E-state index in [4.69, 9.17) is 5.14 Å². The molecule has 0 aliphatic carbocycles. The number of hydroxylamine groups is 1. The molecule has 0 radical (unpaired) electrons. The van der Waals surface area contributed by atoms with Crippen molar-refractivity contribution < 1.29 is 22.9 Å². The number of hydrogen-bond donors (Lipinski definition) is 5. The van der Waals surface area contributed by atoms with Crippen LogP contribution in [0.15, 0.2) is 27.3 Å². The summed E-state index contributed by atoms with van der Waals surface area (Å²) in [6, 6.07) is 4.14. The van der Waals surface area contributed by atoms with E-state index < -0.39 is 22.2 Å². The zero-order valence-corrected chi connectivity index (χ0v) is 15.0. The Morgan fingerprint density at radius 1 is 1.40 bits per heavy atom. The van der Waals surface area contributed by atoms with Crippen molar-refractivity contribution in [1.82, 2.24) is 15.0 Å². The van der Waals surface area contributed by atoms with Gasteiger partial charge in [-0.25, -0.2) is 18.9 Å². The molecule has 138 valence electrons. The largest absolute Gasteiger partial charge is 0.634 e. The predicted molar refractivity (Wildman–Crippen MR) is 89.7 cm³/mol. The minimum Gasteiger partial charge on any atom is -0.634 e. The smallest absolute Gasteiger partial charge is 0.274 e. The van der Waals surface area contributed by atoms with Crippen LogP contribution in [0.4, 0.5) is 15.9 Å². The quantitative estimate of drug-likeness (QED) is 0.194. The number of nitrogens with zero attached hydrogens (tertiary/aromatic N) is 2. The van der Waals surface area contributed by atoms with Crippen LogP contribution < -0.4 is 26.0 Å². The molecule has 0 fully saturated rings. The SMILES string of the molecule is NS(=O)(=O)NCCNc1nonc1C(Nc1ccc(F)c(Br)c1)[NH2+][O-]. The van der Waals surface area contributed by atoms with Crippen LogP contribution in [0.5, 0.6) is 0 Å². The number of anilines is 2. The Hall–Kier alpha value is -1.84. The minimum absolute atomic E-state index is 0.00474. The van der Waals surface area contributed by atoms with E-state index in [2.05, 4.69) is 46.2 Å². The normalized spacial score (nSPS) is 12.8. The van der Waals surface area contributed by atoms with Crippen LogP contribution >= 0.6 is 15.9 Å². The molecule has 1 atom stereocenters. The van der Waals surface area contributed by atoms with Gasteiger partial charge in [-0.3, -0.25) is 0 Å². The standard InChI is InChI=1S/C11H15BrFN7O4S/c12-7-5-6(1-2-8(7)13)17-11(18-21)9-10(20-24-19-9)15-3-4-16-25(14,22)23/h1-2,5,11,16-17H,3-4,18H2,(H,15,20)(H2,14,22,23). The van der Waals surface area contributed by atoms with Crippen molar-refractivity contribution in [3.63, 3.8) is 0 Å². The highest BCUT2D eigenvalue weighted by atomic mass is 79.9. The van der Waals surface area contributed by atoms with Gasteiger partial charge in [0.2, 0.25) is 17.7 Å². The van der Waals surface area contributed by atoms with Crippen LogP contribution in [0.25, 0.3) is 0 Å². The molecule has 0 aliphatic rings. The first-order chi connectivity index (χ1) is 11.8. The summed E-state index contributed by atoms with van der Waals surface area (Å²) < 4.78 is 41.7. The van der Waals surface area contributed by atoms with Gasteiger partial charge in [-0.2, -0.15) is 8.42 Å². The lowest BCUT2D eigenvalue weighted by Crippen LogP contribution is -2.80. The molecule has 0 saturated carbocycles. The molecule has 1 aromatic carbocycles. The fourth-order valence-electron chi connectivity index (χ4n) is 1.83. The summed E-state index contributed by atoms with van der Waals surface area (Å²) in [5.74, 6) is -0.289. The molecule has 1 heterocycles. The first kappa shape index (κ1) is 19.5. The van der Waals surface area contributed by atoms with Gasteiger partial charge in [-0.15, -0.1) is 0 Å². The molecule has 25 heavy (non-hydrogen) atoms. The van der Waals surface area contributed by atoms with E-state index in [1.54, 1.807) is 0 Å². The lowest BCUT2D eigenvalue weighted by molar-refractivity contribution is -0.628. The highest BCUT2D eigenvalue weighted by Crippen LogP contribution is 2.23. The van der Waals surface area contributed by atoms with Crippen molar-refractivity contribution in [2.75, 3.05) is 23.7 Å². The molecule has 11 nitrogen and oxygen atoms in total. The maximum atomic E-state index is 13.3. The Morgan fingerprint density at radius 3 is 2.80 bits per heavy atom. The summed E-state index contributed by atoms with van der Waals surface area (Å²) in [5, 5.41) is 29.1. The Labute approximate surface area is 150 Å². The molecular weight excluding hydrogens is 425 g/mol. The molecule has 1 aromatic heterocycles. The monoisotopic (exact) mass is 439 g/mol. The van der Waals surface area contributed by atoms with Gasteiger partial charge < -0.3 is 21.3 Å². The molecule has 0 aliphatic heterocycles. The molecular formula is C11H15BrFN7O4S. The minimum atomic E-state index is -3.80. The zero-order valence-electron chi connectivity index (χ0n) is 12.6. The number of nitrogens with two attached hydrogens (primary N) is 2. The highest BCUT2D eigenvalue weighted by Gasteiger charge is 2.22. The van der Waals surface area contributed by atoms with Crippen molar-refractivity contribution in [2.24, 2.45) is 5.14 Å². The molecule has 0 bridgehead atoms. The number of nitrogens with one attached hydrogen (secondary N) is 3. The van der Waals surface area contributed by atoms with Crippen molar-refractivity contribution in [2.45, 2.75) is 6.17 Å². The van der Waals surface area contributed by atoms with Crippen molar-refractivity contribution in [3.05, 3.63) is 39.4 Å². The average Bonchev–Trinajstić information content (AvgIpc) is 3.00. The number of aromatic nitrogens is 2. The van der Waals surface area contributed by atoms with Crippen LogP contribution in [0.2, 0.25) is 0 Å². The van der Waals surface area contributed by atoms with Gasteiger partial charge >= 0.3 is 0 Å². The lowest BCUT2D eigenvalue weighted by Gasteiger charge is -2.18. The van der Waals surface area contributed by atoms with Gasteiger partial charge in [0, 0.05) is 18.8 Å². The molecule has 0 saturated heterocycles. The summed E-state index contributed by atoms with van der Waals surface area (Å²) in [7, 11) is -3.80. The van der Waals surface area contributed by atoms with E-state index in [1.165, 1.54) is 18.2 Å². The molecule has 0 amide bonds. The summed E-state index contributed by atoms with van der Waals surface area (Å²) in [6.07, 6.45) is -0.919. The number of rotatable bonds is 9. The molecule has 0 spiro atoms. The van der Waals surface area contributed by atoms with Crippen LogP contribution in [-0.2, 0) is 10.2 Å². The topological polar surface area (TPSA) is 175 Å². The molecule has 1 unspecified atom stereocenters. The second-order valence-electron chi connectivity index (χ2n) is 4.75. The first-order valence-corrected chi connectivity index (χ1v) is 9.14. The van der Waals surface area contributed by atoms with Crippen LogP contribution in [0, 0.1) is 11.0 Å². The fourth-order valence-corrected chi connectivity index (χ4v) is 2.59. The van der Waals surface area contributed by atoms with Gasteiger partial charge in [0.25, 0.3) is 10.2 Å². The van der Waals surface area contributed by atoms with E-state index in [0.29, 0.717) is 11.2 Å². The second-order valence-corrected chi connectivity index (χ2v) is 6.98. The van der Waals surface area contributed by atoms with E-state index >= 15 is 0 Å². The third kappa shape index (κ3) is 5.87. The predicted octanol–water partition coefficient (Wildman–Crippen LogP) is -0.652. The number of quaternary nitrogens is 1. The van der Waals surface area contributed by atoms with Gasteiger partial charge in [0.15, 0.2) is 0 Å². The van der Waals surface area contributed by atoms with Gasteiger partial charge in [-0.05, 0) is 44.4 Å². The van der Waals surface area contributed by atoms with Crippen LogP contribution in [0.1, 0.15) is 11.9 Å². The van der Waals surface area contributed by atoms with Gasteiger partial charge in [0.05, 0.1) is 4.47 Å². The van der Waals surface area contributed by atoms with Gasteiger partial charge in [-0.1, -0.05) is 0 Å². The zero-order chi connectivity index (χ0) is 18.4. The number of benzene rings is 1. The summed E-state index contributed by atoms with van der Waals surface area (Å²) >= 11 is 3.05. The number of halogens is 2. The average molecular weight is 440 g/mol. The number of hydrogen-bond acceptors (Lipinski definition) is 8. The van der Waals surface area contributed by atoms with Crippen LogP contribution in [-0.4, -0.2) is 31.8 Å². The summed E-state index contributed by atoms with van der Waals surface area (Å²) in [5.41, 5.74) is 1.20.